The highest BCUT2D eigenvalue weighted by molar-refractivity contribution is 7.87. The van der Waals surface area contributed by atoms with Gasteiger partial charge in [-0.1, -0.05) is 19.4 Å². The van der Waals surface area contributed by atoms with Gasteiger partial charge in [0.05, 0.1) is 16.5 Å². The van der Waals surface area contributed by atoms with Crippen LogP contribution in [0.15, 0.2) is 34.7 Å². The minimum absolute atomic E-state index is 0.0615. The Labute approximate surface area is 164 Å². The summed E-state index contributed by atoms with van der Waals surface area (Å²) in [6, 6.07) is 7.88. The molecule has 1 unspecified atom stereocenters. The molecule has 1 aliphatic rings. The van der Waals surface area contributed by atoms with Gasteiger partial charge in [-0.15, -0.1) is 11.3 Å². The van der Waals surface area contributed by atoms with Crippen LogP contribution in [0, 0.1) is 0 Å². The molecule has 0 fully saturated rings. The van der Waals surface area contributed by atoms with Crippen molar-refractivity contribution in [3.05, 3.63) is 41.6 Å². The van der Waals surface area contributed by atoms with Crippen LogP contribution in [0.25, 0.3) is 21.3 Å². The molecule has 1 aliphatic heterocycles. The number of pyridine rings is 1. The number of nitrogens with two attached hydrogens (primary N) is 1. The van der Waals surface area contributed by atoms with E-state index in [9.17, 15) is 9.00 Å². The minimum atomic E-state index is -1.08. The summed E-state index contributed by atoms with van der Waals surface area (Å²) >= 11 is 1.42. The summed E-state index contributed by atoms with van der Waals surface area (Å²) in [5.74, 6) is 0.693. The molecule has 0 radical (unpaired) electrons. The fourth-order valence-corrected chi connectivity index (χ4v) is 6.05. The third-order valence-corrected chi connectivity index (χ3v) is 7.89. The Kier molecular flexibility index (Phi) is 4.74. The van der Waals surface area contributed by atoms with Crippen molar-refractivity contribution < 1.29 is 9.00 Å². The fourth-order valence-electron chi connectivity index (χ4n) is 3.32. The van der Waals surface area contributed by atoms with Crippen LogP contribution in [0.5, 0.6) is 0 Å². The van der Waals surface area contributed by atoms with Crippen LogP contribution in [-0.4, -0.2) is 32.8 Å². The molecule has 0 aliphatic carbocycles. The van der Waals surface area contributed by atoms with Crippen molar-refractivity contribution in [2.75, 3.05) is 18.5 Å². The maximum atomic E-state index is 12.5. The number of anilines is 1. The second kappa shape index (κ2) is 7.05. The van der Waals surface area contributed by atoms with Gasteiger partial charge in [0.25, 0.3) is 5.91 Å². The van der Waals surface area contributed by atoms with Crippen molar-refractivity contribution in [2.24, 2.45) is 0 Å². The number of rotatable bonds is 5. The third kappa shape index (κ3) is 3.15. The first kappa shape index (κ1) is 18.1. The lowest BCUT2D eigenvalue weighted by Gasteiger charge is -2.05. The number of hydrogen-bond acceptors (Lipinski definition) is 5. The Morgan fingerprint density at radius 1 is 1.30 bits per heavy atom. The van der Waals surface area contributed by atoms with E-state index in [1.165, 1.54) is 11.3 Å². The SMILES string of the molecule is CCCCS(=O)c1sc2ncc(-c3ccc4c(c3)CN(C)C4=O)cc2c1N. The number of nitrogens with zero attached hydrogens (tertiary/aromatic N) is 2. The predicted octanol–water partition coefficient (Wildman–Crippen LogP) is 4.04. The maximum absolute atomic E-state index is 12.5. The Bertz CT molecular complexity index is 1070. The molecule has 1 atom stereocenters. The monoisotopic (exact) mass is 399 g/mol. The van der Waals surface area contributed by atoms with Crippen LogP contribution < -0.4 is 5.73 Å². The zero-order chi connectivity index (χ0) is 19.1. The zero-order valence-electron chi connectivity index (χ0n) is 15.3. The highest BCUT2D eigenvalue weighted by atomic mass is 32.2. The molecule has 27 heavy (non-hydrogen) atoms. The van der Waals surface area contributed by atoms with Gasteiger partial charge in [-0.3, -0.25) is 9.00 Å². The van der Waals surface area contributed by atoms with E-state index in [0.29, 0.717) is 18.0 Å². The molecule has 3 aromatic rings. The molecule has 1 amide bonds. The summed E-state index contributed by atoms with van der Waals surface area (Å²) in [7, 11) is 0.731. The fraction of sp³-hybridized carbons (Fsp3) is 0.300. The quantitative estimate of drug-likeness (QED) is 0.702. The van der Waals surface area contributed by atoms with E-state index < -0.39 is 10.8 Å². The Hall–Kier alpha value is -2.25. The standard InChI is InChI=1S/C20H21N3O2S2/c1-3-4-7-27(25)20-17(21)16-9-13(10-22-18(16)26-20)12-5-6-15-14(8-12)11-23(2)19(15)24/h5-6,8-10H,3-4,7,11,21H2,1-2H3. The lowest BCUT2D eigenvalue weighted by atomic mass is 10.0. The van der Waals surface area contributed by atoms with E-state index in [1.54, 1.807) is 4.90 Å². The van der Waals surface area contributed by atoms with Crippen molar-refractivity contribution in [3.63, 3.8) is 0 Å². The summed E-state index contributed by atoms with van der Waals surface area (Å²) in [6.07, 6.45) is 3.75. The highest BCUT2D eigenvalue weighted by Crippen LogP contribution is 2.37. The number of benzene rings is 1. The number of carbonyl (C=O) groups is 1. The summed E-state index contributed by atoms with van der Waals surface area (Å²) in [4.78, 5) is 19.2. The molecular weight excluding hydrogens is 378 g/mol. The predicted molar refractivity (Wildman–Crippen MR) is 111 cm³/mol. The molecule has 2 N–H and O–H groups in total. The van der Waals surface area contributed by atoms with E-state index in [4.69, 9.17) is 5.73 Å². The first-order valence-corrected chi connectivity index (χ1v) is 11.1. The highest BCUT2D eigenvalue weighted by Gasteiger charge is 2.24. The van der Waals surface area contributed by atoms with Crippen molar-refractivity contribution >= 4 is 43.9 Å². The molecule has 5 nitrogen and oxygen atoms in total. The number of nitrogen functional groups attached to an aromatic ring is 1. The summed E-state index contributed by atoms with van der Waals surface area (Å²) < 4.78 is 13.2. The minimum Gasteiger partial charge on any atom is -0.397 e. The summed E-state index contributed by atoms with van der Waals surface area (Å²) in [6.45, 7) is 2.71. The van der Waals surface area contributed by atoms with Gasteiger partial charge in [0.1, 0.15) is 9.04 Å². The van der Waals surface area contributed by atoms with Crippen molar-refractivity contribution in [3.8, 4) is 11.1 Å². The van der Waals surface area contributed by atoms with E-state index in [-0.39, 0.29) is 5.91 Å². The third-order valence-electron chi connectivity index (χ3n) is 4.86. The largest absolute Gasteiger partial charge is 0.397 e. The van der Waals surface area contributed by atoms with Gasteiger partial charge in [-0.25, -0.2) is 4.98 Å². The molecule has 2 aromatic heterocycles. The maximum Gasteiger partial charge on any atom is 0.254 e. The van der Waals surface area contributed by atoms with Crippen LogP contribution in [0.1, 0.15) is 35.7 Å². The average Bonchev–Trinajstić information content (AvgIpc) is 3.16. The number of fused-ring (bicyclic) bond motifs is 2. The topological polar surface area (TPSA) is 76.3 Å². The molecule has 0 saturated heterocycles. The van der Waals surface area contributed by atoms with Gasteiger partial charge in [0, 0.05) is 42.1 Å². The van der Waals surface area contributed by atoms with Crippen LogP contribution in [0.3, 0.4) is 0 Å². The van der Waals surface area contributed by atoms with Gasteiger partial charge in [0.2, 0.25) is 0 Å². The van der Waals surface area contributed by atoms with Gasteiger partial charge < -0.3 is 10.6 Å². The number of carbonyl (C=O) groups excluding carboxylic acids is 1. The normalized spacial score (nSPS) is 14.7. The van der Waals surface area contributed by atoms with Gasteiger partial charge >= 0.3 is 0 Å². The molecule has 7 heteroatoms. The molecule has 1 aromatic carbocycles. The van der Waals surface area contributed by atoms with Crippen molar-refractivity contribution in [2.45, 2.75) is 30.5 Å². The van der Waals surface area contributed by atoms with E-state index in [0.717, 1.165) is 49.5 Å². The van der Waals surface area contributed by atoms with Gasteiger partial charge in [-0.2, -0.15) is 0 Å². The van der Waals surface area contributed by atoms with Crippen LogP contribution in [0.4, 0.5) is 5.69 Å². The smallest absolute Gasteiger partial charge is 0.254 e. The van der Waals surface area contributed by atoms with Crippen LogP contribution in [-0.2, 0) is 17.3 Å². The lowest BCUT2D eigenvalue weighted by Crippen LogP contribution is -2.17. The summed E-state index contributed by atoms with van der Waals surface area (Å²) in [5, 5.41) is 0.853. The Morgan fingerprint density at radius 3 is 2.89 bits per heavy atom. The number of unbranched alkanes of at least 4 members (excludes halogenated alkanes) is 1. The molecule has 140 valence electrons. The Balaban J connectivity index is 1.72. The number of amides is 1. The summed E-state index contributed by atoms with van der Waals surface area (Å²) in [5.41, 5.74) is 10.6. The van der Waals surface area contributed by atoms with Crippen molar-refractivity contribution in [1.29, 1.82) is 0 Å². The molecule has 4 rings (SSSR count). The van der Waals surface area contributed by atoms with E-state index >= 15 is 0 Å². The number of hydrogen-bond donors (Lipinski definition) is 1. The van der Waals surface area contributed by atoms with E-state index in [2.05, 4.69) is 11.9 Å². The molecule has 0 saturated carbocycles. The molecule has 0 spiro atoms. The molecular formula is C20H21N3O2S2. The van der Waals surface area contributed by atoms with Gasteiger partial charge in [0.15, 0.2) is 0 Å². The first-order chi connectivity index (χ1) is 13.0. The van der Waals surface area contributed by atoms with Crippen molar-refractivity contribution in [1.82, 2.24) is 9.88 Å². The zero-order valence-corrected chi connectivity index (χ0v) is 17.0. The first-order valence-electron chi connectivity index (χ1n) is 8.94. The number of thiophene rings is 1. The van der Waals surface area contributed by atoms with Crippen LogP contribution in [0.2, 0.25) is 0 Å². The second-order valence-corrected chi connectivity index (χ2v) is 9.58. The molecule has 3 heterocycles. The van der Waals surface area contributed by atoms with Gasteiger partial charge in [-0.05, 0) is 35.7 Å². The second-order valence-electron chi connectivity index (χ2n) is 6.82. The lowest BCUT2D eigenvalue weighted by molar-refractivity contribution is 0.0816. The number of aromatic nitrogens is 1. The van der Waals surface area contributed by atoms with E-state index in [1.807, 2.05) is 37.5 Å². The average molecular weight is 400 g/mol. The van der Waals surface area contributed by atoms with Crippen LogP contribution >= 0.6 is 11.3 Å². The Morgan fingerprint density at radius 2 is 2.11 bits per heavy atom. The molecule has 0 bridgehead atoms.